The molecular formula is C38H28N6. The summed E-state index contributed by atoms with van der Waals surface area (Å²) in [4.78, 5) is 19.3. The van der Waals surface area contributed by atoms with Crippen LogP contribution >= 0.6 is 0 Å². The summed E-state index contributed by atoms with van der Waals surface area (Å²) in [5.41, 5.74) is 12.3. The number of aryl methyl sites for hydroxylation is 2. The first-order chi connectivity index (χ1) is 21.7. The van der Waals surface area contributed by atoms with Crippen LogP contribution in [0.25, 0.3) is 67.6 Å². The third kappa shape index (κ3) is 4.27. The largest absolute Gasteiger partial charge is 0.276 e. The summed E-state index contributed by atoms with van der Waals surface area (Å²) in [7, 11) is 0. The average molecular weight is 569 g/mol. The molecule has 4 aromatic carbocycles. The summed E-state index contributed by atoms with van der Waals surface area (Å²) < 4.78 is 4.31. The van der Waals surface area contributed by atoms with E-state index in [1.165, 1.54) is 11.1 Å². The second kappa shape index (κ2) is 10.4. The van der Waals surface area contributed by atoms with Gasteiger partial charge in [0, 0.05) is 23.5 Å². The Labute approximate surface area is 255 Å². The van der Waals surface area contributed by atoms with Crippen molar-refractivity contribution in [3.05, 3.63) is 145 Å². The molecule has 210 valence electrons. The molecule has 0 N–H and O–H groups in total. The van der Waals surface area contributed by atoms with Crippen molar-refractivity contribution >= 4 is 22.3 Å². The lowest BCUT2D eigenvalue weighted by Crippen LogP contribution is -2.01. The van der Waals surface area contributed by atoms with Crippen LogP contribution in [0.5, 0.6) is 0 Å². The Kier molecular flexibility index (Phi) is 6.12. The van der Waals surface area contributed by atoms with Crippen molar-refractivity contribution in [2.45, 2.75) is 13.8 Å². The number of benzene rings is 4. The van der Waals surface area contributed by atoms with Crippen LogP contribution in [0.3, 0.4) is 0 Å². The molecule has 6 heteroatoms. The van der Waals surface area contributed by atoms with Crippen LogP contribution in [0.4, 0.5) is 0 Å². The van der Waals surface area contributed by atoms with Crippen molar-refractivity contribution in [2.24, 2.45) is 0 Å². The van der Waals surface area contributed by atoms with Crippen molar-refractivity contribution in [3.63, 3.8) is 0 Å². The van der Waals surface area contributed by atoms with Gasteiger partial charge in [-0.05, 0) is 72.5 Å². The van der Waals surface area contributed by atoms with E-state index in [1.807, 2.05) is 36.7 Å². The summed E-state index contributed by atoms with van der Waals surface area (Å²) in [5.74, 6) is 1.75. The highest BCUT2D eigenvalue weighted by Gasteiger charge is 2.18. The second-order valence-corrected chi connectivity index (χ2v) is 11.0. The van der Waals surface area contributed by atoms with Gasteiger partial charge in [0.25, 0.3) is 0 Å². The van der Waals surface area contributed by atoms with Gasteiger partial charge < -0.3 is 0 Å². The maximum absolute atomic E-state index is 4.99. The molecule has 0 aliphatic rings. The number of hydrogen-bond donors (Lipinski definition) is 0. The number of hydrogen-bond acceptors (Lipinski definition) is 4. The van der Waals surface area contributed by atoms with Gasteiger partial charge in [-0.3, -0.25) is 9.13 Å². The average Bonchev–Trinajstić information content (AvgIpc) is 3.65. The number of rotatable bonds is 5. The Balaban J connectivity index is 1.17. The van der Waals surface area contributed by atoms with Crippen LogP contribution in [-0.4, -0.2) is 29.1 Å². The molecule has 0 fully saturated rings. The van der Waals surface area contributed by atoms with E-state index in [4.69, 9.17) is 9.97 Å². The van der Waals surface area contributed by atoms with Gasteiger partial charge in [-0.1, -0.05) is 84.9 Å². The van der Waals surface area contributed by atoms with E-state index in [0.717, 1.165) is 67.6 Å². The molecule has 0 unspecified atom stereocenters. The highest BCUT2D eigenvalue weighted by molar-refractivity contribution is 5.83. The summed E-state index contributed by atoms with van der Waals surface area (Å²) >= 11 is 0. The number of aromatic nitrogens is 6. The Bertz CT molecular complexity index is 2130. The van der Waals surface area contributed by atoms with Gasteiger partial charge in [0.15, 0.2) is 11.3 Å². The van der Waals surface area contributed by atoms with Crippen LogP contribution in [0, 0.1) is 13.8 Å². The van der Waals surface area contributed by atoms with Gasteiger partial charge in [-0.15, -0.1) is 0 Å². The predicted octanol–water partition coefficient (Wildman–Crippen LogP) is 8.77. The lowest BCUT2D eigenvalue weighted by atomic mass is 10.0. The van der Waals surface area contributed by atoms with Gasteiger partial charge >= 0.3 is 0 Å². The molecule has 4 heterocycles. The van der Waals surface area contributed by atoms with E-state index in [0.29, 0.717) is 0 Å². The van der Waals surface area contributed by atoms with E-state index in [1.54, 1.807) is 0 Å². The number of fused-ring (bicyclic) bond motifs is 2. The SMILES string of the molecule is Cc1ccccc1-n1c(-c2ccc(-c3ccc(-c4nc5cccnc5n4-c4ccccc4C)cc3)cc2)nc2cccnc21. The first-order valence-corrected chi connectivity index (χ1v) is 14.7. The summed E-state index contributed by atoms with van der Waals surface area (Å²) in [6.45, 7) is 4.24. The van der Waals surface area contributed by atoms with E-state index in [9.17, 15) is 0 Å². The van der Waals surface area contributed by atoms with Crippen molar-refractivity contribution < 1.29 is 0 Å². The second-order valence-electron chi connectivity index (χ2n) is 11.0. The first-order valence-electron chi connectivity index (χ1n) is 14.7. The highest BCUT2D eigenvalue weighted by atomic mass is 15.1. The molecule has 0 saturated heterocycles. The number of imidazole rings is 2. The quantitative estimate of drug-likeness (QED) is 0.208. The molecule has 0 atom stereocenters. The summed E-state index contributed by atoms with van der Waals surface area (Å²) in [5, 5.41) is 0. The molecule has 4 aromatic heterocycles. The van der Waals surface area contributed by atoms with Gasteiger partial charge in [-0.25, -0.2) is 19.9 Å². The Morgan fingerprint density at radius 3 is 1.20 bits per heavy atom. The van der Waals surface area contributed by atoms with Gasteiger partial charge in [0.05, 0.1) is 11.4 Å². The fourth-order valence-corrected chi connectivity index (χ4v) is 5.92. The van der Waals surface area contributed by atoms with E-state index in [-0.39, 0.29) is 0 Å². The fraction of sp³-hybridized carbons (Fsp3) is 0.0526. The lowest BCUT2D eigenvalue weighted by molar-refractivity contribution is 1.06. The maximum atomic E-state index is 4.99. The minimum atomic E-state index is 0.850. The topological polar surface area (TPSA) is 61.4 Å². The molecule has 0 spiro atoms. The molecule has 8 aromatic rings. The molecule has 0 bridgehead atoms. The third-order valence-corrected chi connectivity index (χ3v) is 8.16. The molecule has 0 saturated carbocycles. The van der Waals surface area contributed by atoms with Crippen LogP contribution in [-0.2, 0) is 0 Å². The predicted molar refractivity (Wildman–Crippen MR) is 177 cm³/mol. The van der Waals surface area contributed by atoms with Crippen LogP contribution in [0.15, 0.2) is 134 Å². The first kappa shape index (κ1) is 25.8. The minimum Gasteiger partial charge on any atom is -0.276 e. The molecule has 0 amide bonds. The Morgan fingerprint density at radius 2 is 0.795 bits per heavy atom. The molecule has 0 radical (unpaired) electrons. The molecular weight excluding hydrogens is 540 g/mol. The normalized spacial score (nSPS) is 11.4. The van der Waals surface area contributed by atoms with E-state index in [2.05, 4.69) is 130 Å². The van der Waals surface area contributed by atoms with Crippen molar-refractivity contribution in [1.82, 2.24) is 29.1 Å². The zero-order chi connectivity index (χ0) is 29.6. The Hall–Kier alpha value is -5.88. The third-order valence-electron chi connectivity index (χ3n) is 8.16. The van der Waals surface area contributed by atoms with E-state index < -0.39 is 0 Å². The summed E-state index contributed by atoms with van der Waals surface area (Å²) in [6.07, 6.45) is 3.64. The fourth-order valence-electron chi connectivity index (χ4n) is 5.92. The molecule has 8 rings (SSSR count). The zero-order valence-electron chi connectivity index (χ0n) is 24.4. The number of nitrogens with zero attached hydrogens (tertiary/aromatic N) is 6. The van der Waals surface area contributed by atoms with Gasteiger partial charge in [0.1, 0.15) is 22.7 Å². The maximum Gasteiger partial charge on any atom is 0.164 e. The molecule has 44 heavy (non-hydrogen) atoms. The van der Waals surface area contributed by atoms with E-state index >= 15 is 0 Å². The zero-order valence-corrected chi connectivity index (χ0v) is 24.4. The van der Waals surface area contributed by atoms with Crippen LogP contribution in [0.1, 0.15) is 11.1 Å². The van der Waals surface area contributed by atoms with Crippen molar-refractivity contribution in [3.8, 4) is 45.3 Å². The monoisotopic (exact) mass is 568 g/mol. The van der Waals surface area contributed by atoms with Crippen LogP contribution < -0.4 is 0 Å². The minimum absolute atomic E-state index is 0.850. The summed E-state index contributed by atoms with van der Waals surface area (Å²) in [6, 6.07) is 41.8. The van der Waals surface area contributed by atoms with Gasteiger partial charge in [-0.2, -0.15) is 0 Å². The number of para-hydroxylation sites is 2. The lowest BCUT2D eigenvalue weighted by Gasteiger charge is -2.13. The Morgan fingerprint density at radius 1 is 0.409 bits per heavy atom. The van der Waals surface area contributed by atoms with Gasteiger partial charge in [0.2, 0.25) is 0 Å². The smallest absolute Gasteiger partial charge is 0.164 e. The molecule has 0 aliphatic carbocycles. The molecule has 6 nitrogen and oxygen atoms in total. The van der Waals surface area contributed by atoms with Crippen LogP contribution in [0.2, 0.25) is 0 Å². The standard InChI is InChI=1S/C38H28N6/c1-25-9-3-5-13-33(25)43-35(41-31-11-7-23-39-37(31)43)29-19-15-27(16-20-29)28-17-21-30(22-18-28)36-42-32-12-8-24-40-38(32)44(36)34-14-6-4-10-26(34)2/h3-24H,1-2H3. The highest BCUT2D eigenvalue weighted by Crippen LogP contribution is 2.33. The molecule has 0 aliphatic heterocycles. The number of pyridine rings is 2. The van der Waals surface area contributed by atoms with Crippen molar-refractivity contribution in [1.29, 1.82) is 0 Å². The van der Waals surface area contributed by atoms with Crippen molar-refractivity contribution in [2.75, 3.05) is 0 Å².